The quantitative estimate of drug-likeness (QED) is 0.917. The average molecular weight is 348 g/mol. The molecule has 1 aliphatic heterocycles. The van der Waals surface area contributed by atoms with Gasteiger partial charge in [0, 0.05) is 23.2 Å². The van der Waals surface area contributed by atoms with Crippen molar-refractivity contribution in [3.63, 3.8) is 0 Å². The number of aryl methyl sites for hydroxylation is 1. The summed E-state index contributed by atoms with van der Waals surface area (Å²) in [4.78, 5) is 6.84. The van der Waals surface area contributed by atoms with Gasteiger partial charge >= 0.3 is 0 Å². The van der Waals surface area contributed by atoms with Crippen molar-refractivity contribution in [1.29, 1.82) is 0 Å². The molecule has 5 nitrogen and oxygen atoms in total. The summed E-state index contributed by atoms with van der Waals surface area (Å²) in [7, 11) is 0. The Morgan fingerprint density at radius 3 is 2.76 bits per heavy atom. The molecule has 0 unspecified atom stereocenters. The number of nitrogens with one attached hydrogen (secondary N) is 1. The fraction of sp³-hybridized carbons (Fsp3) is 0.400. The summed E-state index contributed by atoms with van der Waals surface area (Å²) in [6.45, 7) is 4.16. The normalized spacial score (nSPS) is 15.0. The lowest BCUT2D eigenvalue weighted by atomic mass is 10.1. The standard InChI is InChI=1S/C15H18BrN5/c1-11-5-6-12(9-13(11)16)18-15-19-14(10-17-20-15)21-7-3-2-4-8-21/h5-6,9-10H,2-4,7-8H2,1H3,(H,18,19,20). The highest BCUT2D eigenvalue weighted by atomic mass is 79.9. The van der Waals surface area contributed by atoms with Crippen molar-refractivity contribution in [3.05, 3.63) is 34.4 Å². The second kappa shape index (κ2) is 6.39. The summed E-state index contributed by atoms with van der Waals surface area (Å²) in [5.41, 5.74) is 2.15. The minimum Gasteiger partial charge on any atom is -0.355 e. The van der Waals surface area contributed by atoms with E-state index in [9.17, 15) is 0 Å². The molecule has 2 heterocycles. The maximum atomic E-state index is 4.57. The first-order valence-electron chi connectivity index (χ1n) is 7.20. The fourth-order valence-corrected chi connectivity index (χ4v) is 2.80. The Morgan fingerprint density at radius 1 is 1.19 bits per heavy atom. The predicted molar refractivity (Wildman–Crippen MR) is 88.1 cm³/mol. The molecule has 21 heavy (non-hydrogen) atoms. The number of anilines is 3. The van der Waals surface area contributed by atoms with E-state index in [0.29, 0.717) is 5.95 Å². The van der Waals surface area contributed by atoms with Gasteiger partial charge in [0.1, 0.15) is 0 Å². The van der Waals surface area contributed by atoms with E-state index in [1.54, 1.807) is 6.20 Å². The van der Waals surface area contributed by atoms with Gasteiger partial charge in [0.15, 0.2) is 5.82 Å². The van der Waals surface area contributed by atoms with E-state index in [4.69, 9.17) is 0 Å². The maximum Gasteiger partial charge on any atom is 0.249 e. The number of halogens is 1. The Labute approximate surface area is 132 Å². The monoisotopic (exact) mass is 347 g/mol. The van der Waals surface area contributed by atoms with E-state index in [1.165, 1.54) is 24.8 Å². The van der Waals surface area contributed by atoms with Crippen LogP contribution in [0, 0.1) is 6.92 Å². The van der Waals surface area contributed by atoms with Crippen molar-refractivity contribution in [2.45, 2.75) is 26.2 Å². The van der Waals surface area contributed by atoms with Gasteiger partial charge in [-0.1, -0.05) is 22.0 Å². The zero-order valence-corrected chi connectivity index (χ0v) is 13.6. The van der Waals surface area contributed by atoms with Crippen molar-refractivity contribution in [2.24, 2.45) is 0 Å². The number of nitrogens with zero attached hydrogens (tertiary/aromatic N) is 4. The molecule has 1 aromatic carbocycles. The number of rotatable bonds is 3. The van der Waals surface area contributed by atoms with Crippen LogP contribution in [0.3, 0.4) is 0 Å². The van der Waals surface area contributed by atoms with Crippen LogP contribution in [0.1, 0.15) is 24.8 Å². The van der Waals surface area contributed by atoms with E-state index in [2.05, 4.69) is 48.3 Å². The van der Waals surface area contributed by atoms with Gasteiger partial charge < -0.3 is 10.2 Å². The molecule has 0 spiro atoms. The summed E-state index contributed by atoms with van der Waals surface area (Å²) in [5.74, 6) is 1.44. The highest BCUT2D eigenvalue weighted by molar-refractivity contribution is 9.10. The van der Waals surface area contributed by atoms with Gasteiger partial charge in [-0.25, -0.2) is 0 Å². The van der Waals surface area contributed by atoms with Crippen LogP contribution >= 0.6 is 15.9 Å². The summed E-state index contributed by atoms with van der Waals surface area (Å²) in [6.07, 6.45) is 5.48. The number of benzene rings is 1. The molecule has 0 radical (unpaired) electrons. The summed E-state index contributed by atoms with van der Waals surface area (Å²) in [6, 6.07) is 6.08. The average Bonchev–Trinajstić information content (AvgIpc) is 2.52. The van der Waals surface area contributed by atoms with Gasteiger partial charge in [0.2, 0.25) is 5.95 Å². The third-order valence-corrected chi connectivity index (χ3v) is 4.51. The Morgan fingerprint density at radius 2 is 2.00 bits per heavy atom. The zero-order valence-electron chi connectivity index (χ0n) is 12.0. The Balaban J connectivity index is 1.77. The number of hydrogen-bond acceptors (Lipinski definition) is 5. The van der Waals surface area contributed by atoms with Gasteiger partial charge in [0.25, 0.3) is 0 Å². The van der Waals surface area contributed by atoms with E-state index in [-0.39, 0.29) is 0 Å². The molecule has 1 aromatic heterocycles. The molecule has 0 atom stereocenters. The van der Waals surface area contributed by atoms with Crippen LogP contribution in [-0.4, -0.2) is 28.3 Å². The molecule has 1 N–H and O–H groups in total. The van der Waals surface area contributed by atoms with Gasteiger partial charge in [-0.3, -0.25) is 0 Å². The highest BCUT2D eigenvalue weighted by Crippen LogP contribution is 2.23. The lowest BCUT2D eigenvalue weighted by Gasteiger charge is -2.27. The van der Waals surface area contributed by atoms with Crippen molar-refractivity contribution in [2.75, 3.05) is 23.3 Å². The van der Waals surface area contributed by atoms with Crippen molar-refractivity contribution < 1.29 is 0 Å². The van der Waals surface area contributed by atoms with Gasteiger partial charge in [-0.15, -0.1) is 5.10 Å². The Bertz CT molecular complexity index is 625. The third-order valence-electron chi connectivity index (χ3n) is 3.65. The van der Waals surface area contributed by atoms with Gasteiger partial charge in [-0.05, 0) is 43.9 Å². The topological polar surface area (TPSA) is 53.9 Å². The van der Waals surface area contributed by atoms with Crippen LogP contribution in [-0.2, 0) is 0 Å². The fourth-order valence-electron chi connectivity index (χ4n) is 2.42. The van der Waals surface area contributed by atoms with Crippen molar-refractivity contribution >= 4 is 33.4 Å². The number of aromatic nitrogens is 3. The van der Waals surface area contributed by atoms with E-state index in [1.807, 2.05) is 18.2 Å². The van der Waals surface area contributed by atoms with Crippen molar-refractivity contribution in [1.82, 2.24) is 15.2 Å². The van der Waals surface area contributed by atoms with Crippen LogP contribution in [0.15, 0.2) is 28.9 Å². The molecule has 1 fully saturated rings. The van der Waals surface area contributed by atoms with E-state index in [0.717, 1.165) is 29.1 Å². The Kier molecular flexibility index (Phi) is 4.34. The van der Waals surface area contributed by atoms with Crippen LogP contribution in [0.4, 0.5) is 17.5 Å². The predicted octanol–water partition coefficient (Wildman–Crippen LogP) is 3.68. The molecule has 2 aromatic rings. The summed E-state index contributed by atoms with van der Waals surface area (Å²) >= 11 is 3.53. The van der Waals surface area contributed by atoms with E-state index >= 15 is 0 Å². The van der Waals surface area contributed by atoms with Gasteiger partial charge in [0.05, 0.1) is 6.20 Å². The first-order chi connectivity index (χ1) is 10.2. The minimum absolute atomic E-state index is 0.536. The molecule has 0 aliphatic carbocycles. The van der Waals surface area contributed by atoms with Crippen LogP contribution < -0.4 is 10.2 Å². The van der Waals surface area contributed by atoms with Crippen LogP contribution in [0.2, 0.25) is 0 Å². The second-order valence-corrected chi connectivity index (χ2v) is 6.13. The molecule has 0 amide bonds. The molecule has 1 saturated heterocycles. The maximum absolute atomic E-state index is 4.57. The van der Waals surface area contributed by atoms with Crippen LogP contribution in [0.5, 0.6) is 0 Å². The number of hydrogen-bond donors (Lipinski definition) is 1. The summed E-state index contributed by atoms with van der Waals surface area (Å²) < 4.78 is 1.06. The largest absolute Gasteiger partial charge is 0.355 e. The minimum atomic E-state index is 0.536. The molecular weight excluding hydrogens is 330 g/mol. The highest BCUT2D eigenvalue weighted by Gasteiger charge is 2.13. The lowest BCUT2D eigenvalue weighted by Crippen LogP contribution is -2.30. The first-order valence-corrected chi connectivity index (χ1v) is 7.99. The molecule has 1 aliphatic rings. The smallest absolute Gasteiger partial charge is 0.249 e. The molecule has 0 bridgehead atoms. The number of piperidine rings is 1. The first kappa shape index (κ1) is 14.3. The van der Waals surface area contributed by atoms with Crippen LogP contribution in [0.25, 0.3) is 0 Å². The molecule has 110 valence electrons. The Hall–Kier alpha value is -1.69. The van der Waals surface area contributed by atoms with Crippen molar-refractivity contribution in [3.8, 4) is 0 Å². The summed E-state index contributed by atoms with van der Waals surface area (Å²) in [5, 5.41) is 11.3. The van der Waals surface area contributed by atoms with E-state index < -0.39 is 0 Å². The molecule has 6 heteroatoms. The zero-order chi connectivity index (χ0) is 14.7. The third kappa shape index (κ3) is 3.50. The molecule has 0 saturated carbocycles. The van der Waals surface area contributed by atoms with Gasteiger partial charge in [-0.2, -0.15) is 10.1 Å². The second-order valence-electron chi connectivity index (χ2n) is 5.27. The SMILES string of the molecule is Cc1ccc(Nc2nncc(N3CCCCC3)n2)cc1Br. The lowest BCUT2D eigenvalue weighted by molar-refractivity contribution is 0.572. The molecule has 3 rings (SSSR count). The molecular formula is C15H18BrN5.